The first-order valence-corrected chi connectivity index (χ1v) is 7.64. The molecule has 24 heavy (non-hydrogen) atoms. The van der Waals surface area contributed by atoms with Crippen molar-refractivity contribution in [1.29, 1.82) is 5.26 Å². The summed E-state index contributed by atoms with van der Waals surface area (Å²) in [5.41, 5.74) is 11.7. The molecule has 5 nitrogen and oxygen atoms in total. The molecular formula is C19H14N4O. The van der Waals surface area contributed by atoms with Crippen molar-refractivity contribution in [3.63, 3.8) is 0 Å². The minimum Gasteiger partial charge on any atom is -0.508 e. The van der Waals surface area contributed by atoms with E-state index in [1.165, 1.54) is 0 Å². The van der Waals surface area contributed by atoms with Crippen LogP contribution in [-0.2, 0) is 12.8 Å². The van der Waals surface area contributed by atoms with E-state index < -0.39 is 0 Å². The first-order chi connectivity index (χ1) is 11.7. The fraction of sp³-hybridized carbons (Fsp3) is 0.105. The van der Waals surface area contributed by atoms with Crippen molar-refractivity contribution in [2.45, 2.75) is 12.8 Å². The number of aromatic nitrogens is 2. The molecule has 116 valence electrons. The monoisotopic (exact) mass is 314 g/mol. The zero-order valence-corrected chi connectivity index (χ0v) is 12.8. The van der Waals surface area contributed by atoms with E-state index in [0.717, 1.165) is 33.5 Å². The van der Waals surface area contributed by atoms with Crippen molar-refractivity contribution in [3.05, 3.63) is 59.4 Å². The van der Waals surface area contributed by atoms with Crippen LogP contribution in [0.5, 0.6) is 5.75 Å². The third kappa shape index (κ3) is 2.01. The number of nitrogen functional groups attached to an aromatic ring is 1. The van der Waals surface area contributed by atoms with E-state index in [1.54, 1.807) is 24.5 Å². The lowest BCUT2D eigenvalue weighted by Gasteiger charge is -2.24. The first-order valence-electron chi connectivity index (χ1n) is 7.64. The molecular weight excluding hydrogens is 300 g/mol. The summed E-state index contributed by atoms with van der Waals surface area (Å²) < 4.78 is 0. The Balaban J connectivity index is 2.08. The van der Waals surface area contributed by atoms with Crippen LogP contribution in [0, 0.1) is 11.3 Å². The summed E-state index contributed by atoms with van der Waals surface area (Å²) in [6.07, 6.45) is 4.79. The number of benzene rings is 1. The van der Waals surface area contributed by atoms with Gasteiger partial charge in [-0.2, -0.15) is 5.26 Å². The van der Waals surface area contributed by atoms with Crippen LogP contribution in [-0.4, -0.2) is 15.1 Å². The van der Waals surface area contributed by atoms with Crippen LogP contribution in [0.25, 0.3) is 22.4 Å². The molecule has 0 atom stereocenters. The highest BCUT2D eigenvalue weighted by Gasteiger charge is 2.26. The Hall–Kier alpha value is -3.39. The molecule has 0 unspecified atom stereocenters. The number of fused-ring (bicyclic) bond motifs is 3. The molecule has 3 N–H and O–H groups in total. The Morgan fingerprint density at radius 1 is 1.08 bits per heavy atom. The summed E-state index contributed by atoms with van der Waals surface area (Å²) in [4.78, 5) is 8.53. The second kappa shape index (κ2) is 5.36. The van der Waals surface area contributed by atoms with Crippen molar-refractivity contribution in [2.24, 2.45) is 0 Å². The van der Waals surface area contributed by atoms with Gasteiger partial charge in [-0.25, -0.2) is 4.98 Å². The third-order valence-corrected chi connectivity index (χ3v) is 4.44. The summed E-state index contributed by atoms with van der Waals surface area (Å²) in [6, 6.07) is 11.3. The van der Waals surface area contributed by atoms with Crippen molar-refractivity contribution in [2.75, 3.05) is 5.73 Å². The topological polar surface area (TPSA) is 95.8 Å². The van der Waals surface area contributed by atoms with Crippen LogP contribution >= 0.6 is 0 Å². The maximum atomic E-state index is 10.1. The molecule has 2 heterocycles. The van der Waals surface area contributed by atoms with Crippen LogP contribution in [0.1, 0.15) is 16.7 Å². The van der Waals surface area contributed by atoms with E-state index in [9.17, 15) is 10.4 Å². The Morgan fingerprint density at radius 2 is 1.83 bits per heavy atom. The predicted octanol–water partition coefficient (Wildman–Crippen LogP) is 3.07. The second-order valence-corrected chi connectivity index (χ2v) is 5.73. The number of aromatic hydroxyl groups is 1. The van der Waals surface area contributed by atoms with E-state index >= 15 is 0 Å². The number of nitrogens with zero attached hydrogens (tertiary/aromatic N) is 3. The highest BCUT2D eigenvalue weighted by molar-refractivity contribution is 5.86. The first kappa shape index (κ1) is 14.2. The average Bonchev–Trinajstić information content (AvgIpc) is 2.61. The van der Waals surface area contributed by atoms with Gasteiger partial charge in [0.05, 0.1) is 5.69 Å². The summed E-state index contributed by atoms with van der Waals surface area (Å²) in [5.74, 6) is 0.479. The van der Waals surface area contributed by atoms with Crippen molar-refractivity contribution < 1.29 is 5.11 Å². The fourth-order valence-electron chi connectivity index (χ4n) is 3.37. The van der Waals surface area contributed by atoms with E-state index in [-0.39, 0.29) is 11.6 Å². The molecule has 1 aromatic carbocycles. The maximum Gasteiger partial charge on any atom is 0.142 e. The van der Waals surface area contributed by atoms with Gasteiger partial charge in [0.25, 0.3) is 0 Å². The number of hydrogen-bond donors (Lipinski definition) is 2. The van der Waals surface area contributed by atoms with Crippen LogP contribution < -0.4 is 5.73 Å². The van der Waals surface area contributed by atoms with Gasteiger partial charge in [-0.3, -0.25) is 4.98 Å². The molecule has 0 bridgehead atoms. The molecule has 0 amide bonds. The Labute approximate surface area is 139 Å². The van der Waals surface area contributed by atoms with Crippen LogP contribution in [0.4, 0.5) is 5.82 Å². The van der Waals surface area contributed by atoms with Crippen molar-refractivity contribution >= 4 is 5.82 Å². The van der Waals surface area contributed by atoms with Crippen LogP contribution in [0.2, 0.25) is 0 Å². The number of phenolic OH excluding ortho intramolecular Hbond substituents is 1. The number of anilines is 1. The van der Waals surface area contributed by atoms with Gasteiger partial charge in [0.15, 0.2) is 0 Å². The molecule has 0 radical (unpaired) electrons. The molecule has 0 saturated carbocycles. The fourth-order valence-corrected chi connectivity index (χ4v) is 3.37. The molecule has 3 aromatic rings. The number of pyridine rings is 2. The normalized spacial score (nSPS) is 12.1. The maximum absolute atomic E-state index is 10.1. The Bertz CT molecular complexity index is 990. The van der Waals surface area contributed by atoms with Gasteiger partial charge in [-0.15, -0.1) is 0 Å². The highest BCUT2D eigenvalue weighted by atomic mass is 16.3. The summed E-state index contributed by atoms with van der Waals surface area (Å²) in [7, 11) is 0. The SMILES string of the molecule is N#Cc1c(N)nc2c(c1-c1ccncc1)CCc1c(O)cccc1-2. The second-order valence-electron chi connectivity index (χ2n) is 5.73. The molecule has 0 aliphatic heterocycles. The molecule has 0 spiro atoms. The zero-order valence-electron chi connectivity index (χ0n) is 12.8. The molecule has 4 rings (SSSR count). The predicted molar refractivity (Wildman–Crippen MR) is 91.1 cm³/mol. The van der Waals surface area contributed by atoms with Crippen molar-refractivity contribution in [1.82, 2.24) is 9.97 Å². The minimum atomic E-state index is 0.208. The number of hydrogen-bond acceptors (Lipinski definition) is 5. The zero-order chi connectivity index (χ0) is 16.7. The largest absolute Gasteiger partial charge is 0.508 e. The minimum absolute atomic E-state index is 0.208. The smallest absolute Gasteiger partial charge is 0.142 e. The summed E-state index contributed by atoms with van der Waals surface area (Å²) >= 11 is 0. The van der Waals surface area contributed by atoms with Crippen molar-refractivity contribution in [3.8, 4) is 34.2 Å². The van der Waals surface area contributed by atoms with Gasteiger partial charge in [0.1, 0.15) is 23.2 Å². The molecule has 2 aromatic heterocycles. The number of phenols is 1. The third-order valence-electron chi connectivity index (χ3n) is 4.44. The summed E-state index contributed by atoms with van der Waals surface area (Å²) in [6.45, 7) is 0. The molecule has 1 aliphatic rings. The number of rotatable bonds is 1. The Kier molecular flexibility index (Phi) is 3.17. The lowest BCUT2D eigenvalue weighted by Crippen LogP contribution is -2.11. The molecule has 0 fully saturated rings. The lowest BCUT2D eigenvalue weighted by atomic mass is 9.83. The van der Waals surface area contributed by atoms with E-state index in [1.807, 2.05) is 18.2 Å². The highest BCUT2D eigenvalue weighted by Crippen LogP contribution is 2.42. The van der Waals surface area contributed by atoms with Gasteiger partial charge >= 0.3 is 0 Å². The molecule has 1 aliphatic carbocycles. The van der Waals surface area contributed by atoms with Crippen LogP contribution in [0.15, 0.2) is 42.7 Å². The Morgan fingerprint density at radius 3 is 2.58 bits per heavy atom. The standard InChI is InChI=1S/C19H14N4O/c20-10-15-17(11-6-8-22-9-7-11)14-5-4-12-13(2-1-3-16(12)24)18(14)23-19(15)21/h1-3,6-9,24H,4-5H2,(H2,21,23). The average molecular weight is 314 g/mol. The number of nitrogens with two attached hydrogens (primary N) is 1. The van der Waals surface area contributed by atoms with Gasteiger partial charge in [0.2, 0.25) is 0 Å². The molecule has 0 saturated heterocycles. The molecule has 5 heteroatoms. The van der Waals surface area contributed by atoms with Gasteiger partial charge in [0, 0.05) is 29.1 Å². The van der Waals surface area contributed by atoms with E-state index in [4.69, 9.17) is 5.73 Å². The lowest BCUT2D eigenvalue weighted by molar-refractivity contribution is 0.468. The van der Waals surface area contributed by atoms with E-state index in [2.05, 4.69) is 16.0 Å². The van der Waals surface area contributed by atoms with Gasteiger partial charge < -0.3 is 10.8 Å². The van der Waals surface area contributed by atoms with E-state index in [0.29, 0.717) is 18.4 Å². The van der Waals surface area contributed by atoms with Gasteiger partial charge in [-0.1, -0.05) is 12.1 Å². The van der Waals surface area contributed by atoms with Gasteiger partial charge in [-0.05, 0) is 42.2 Å². The summed E-state index contributed by atoms with van der Waals surface area (Å²) in [5, 5.41) is 19.7. The van der Waals surface area contributed by atoms with Crippen LogP contribution in [0.3, 0.4) is 0 Å². The quantitative estimate of drug-likeness (QED) is 0.719. The number of nitriles is 1.